The summed E-state index contributed by atoms with van der Waals surface area (Å²) in [5, 5.41) is 3.67. The van der Waals surface area contributed by atoms with Gasteiger partial charge in [-0.15, -0.1) is 0 Å². The molecule has 0 spiro atoms. The summed E-state index contributed by atoms with van der Waals surface area (Å²) in [6.45, 7) is 7.92. The summed E-state index contributed by atoms with van der Waals surface area (Å²) in [4.78, 5) is 15.1. The van der Waals surface area contributed by atoms with Crippen molar-refractivity contribution in [1.29, 1.82) is 0 Å². The number of carbonyl (C=O) groups is 1. The molecule has 3 aliphatic rings. The Morgan fingerprint density at radius 2 is 2.00 bits per heavy atom. The first-order valence-electron chi connectivity index (χ1n) is 8.70. The number of rotatable bonds is 4. The third-order valence-corrected chi connectivity index (χ3v) is 5.89. The molecule has 21 heavy (non-hydrogen) atoms. The summed E-state index contributed by atoms with van der Waals surface area (Å²) in [6.07, 6.45) is 8.36. The van der Waals surface area contributed by atoms with Crippen molar-refractivity contribution in [3.05, 3.63) is 0 Å². The lowest BCUT2D eigenvalue weighted by Gasteiger charge is -2.35. The number of carbonyl (C=O) groups excluding carboxylic acids is 1. The fraction of sp³-hybridized carbons (Fsp3) is 0.941. The monoisotopic (exact) mass is 294 g/mol. The van der Waals surface area contributed by atoms with Crippen molar-refractivity contribution in [2.24, 2.45) is 5.92 Å². The Balaban J connectivity index is 1.80. The Kier molecular flexibility index (Phi) is 4.04. The molecule has 0 aromatic heterocycles. The molecule has 3 rings (SSSR count). The molecule has 2 heterocycles. The van der Waals surface area contributed by atoms with Crippen molar-refractivity contribution in [3.63, 3.8) is 0 Å². The maximum Gasteiger partial charge on any atom is 0.243 e. The van der Waals surface area contributed by atoms with Crippen molar-refractivity contribution in [2.75, 3.05) is 13.2 Å². The third kappa shape index (κ3) is 2.72. The van der Waals surface area contributed by atoms with Gasteiger partial charge in [-0.1, -0.05) is 19.8 Å². The number of nitrogens with one attached hydrogen (secondary N) is 1. The molecule has 4 heteroatoms. The van der Waals surface area contributed by atoms with Gasteiger partial charge < -0.3 is 9.64 Å². The number of hydrogen-bond donors (Lipinski definition) is 1. The molecular weight excluding hydrogens is 264 g/mol. The predicted molar refractivity (Wildman–Crippen MR) is 82.9 cm³/mol. The van der Waals surface area contributed by atoms with Gasteiger partial charge in [0.2, 0.25) is 5.91 Å². The lowest BCUT2D eigenvalue weighted by Crippen LogP contribution is -2.49. The average molecular weight is 294 g/mol. The van der Waals surface area contributed by atoms with E-state index in [2.05, 4.69) is 31.0 Å². The summed E-state index contributed by atoms with van der Waals surface area (Å²) < 4.78 is 5.94. The fourth-order valence-corrected chi connectivity index (χ4v) is 4.30. The van der Waals surface area contributed by atoms with Crippen LogP contribution in [0.1, 0.15) is 65.7 Å². The van der Waals surface area contributed by atoms with Gasteiger partial charge in [-0.2, -0.15) is 0 Å². The van der Waals surface area contributed by atoms with Crippen LogP contribution in [0.4, 0.5) is 0 Å². The fourth-order valence-electron chi connectivity index (χ4n) is 4.30. The van der Waals surface area contributed by atoms with Crippen molar-refractivity contribution < 1.29 is 9.53 Å². The molecule has 0 bridgehead atoms. The van der Waals surface area contributed by atoms with Gasteiger partial charge >= 0.3 is 0 Å². The minimum Gasteiger partial charge on any atom is -0.373 e. The lowest BCUT2D eigenvalue weighted by molar-refractivity contribution is -0.137. The van der Waals surface area contributed by atoms with E-state index < -0.39 is 0 Å². The van der Waals surface area contributed by atoms with Crippen molar-refractivity contribution in [2.45, 2.75) is 83.0 Å². The van der Waals surface area contributed by atoms with E-state index >= 15 is 0 Å². The Labute approximate surface area is 128 Å². The maximum atomic E-state index is 13.0. The Hall–Kier alpha value is -0.610. The molecular formula is C17H30N2O2. The average Bonchev–Trinajstić information content (AvgIpc) is 3.17. The van der Waals surface area contributed by atoms with E-state index in [0.717, 1.165) is 32.4 Å². The summed E-state index contributed by atoms with van der Waals surface area (Å²) in [7, 11) is 0. The predicted octanol–water partition coefficient (Wildman–Crippen LogP) is 2.67. The van der Waals surface area contributed by atoms with Gasteiger partial charge in [-0.25, -0.2) is 0 Å². The number of hydrogen-bond acceptors (Lipinski definition) is 3. The van der Waals surface area contributed by atoms with Gasteiger partial charge in [0.1, 0.15) is 0 Å². The second kappa shape index (κ2) is 5.54. The van der Waals surface area contributed by atoms with E-state index in [1.807, 2.05) is 0 Å². The second-order valence-electron chi connectivity index (χ2n) is 7.65. The quantitative estimate of drug-likeness (QED) is 0.867. The molecule has 2 aliphatic heterocycles. The Morgan fingerprint density at radius 3 is 2.57 bits per heavy atom. The molecule has 120 valence electrons. The second-order valence-corrected chi connectivity index (χ2v) is 7.65. The molecule has 0 radical (unpaired) electrons. The molecule has 2 saturated heterocycles. The molecule has 0 aromatic rings. The minimum absolute atomic E-state index is 0.146. The third-order valence-electron chi connectivity index (χ3n) is 5.89. The lowest BCUT2D eigenvalue weighted by atomic mass is 9.98. The highest BCUT2D eigenvalue weighted by atomic mass is 16.5. The van der Waals surface area contributed by atoms with Crippen LogP contribution >= 0.6 is 0 Å². The van der Waals surface area contributed by atoms with Crippen LogP contribution in [0.5, 0.6) is 0 Å². The minimum atomic E-state index is -0.387. The van der Waals surface area contributed by atoms with E-state index in [1.54, 1.807) is 0 Å². The first-order chi connectivity index (χ1) is 9.97. The first-order valence-corrected chi connectivity index (χ1v) is 8.70. The normalized spacial score (nSPS) is 41.4. The zero-order chi connectivity index (χ0) is 15.1. The smallest absolute Gasteiger partial charge is 0.243 e. The maximum absolute atomic E-state index is 13.0. The van der Waals surface area contributed by atoms with Crippen LogP contribution in [-0.4, -0.2) is 41.3 Å². The number of amides is 1. The summed E-state index contributed by atoms with van der Waals surface area (Å²) >= 11 is 0. The molecule has 1 aliphatic carbocycles. The largest absolute Gasteiger partial charge is 0.373 e. The van der Waals surface area contributed by atoms with Gasteiger partial charge in [-0.05, 0) is 51.9 Å². The highest BCUT2D eigenvalue weighted by Crippen LogP contribution is 2.37. The number of nitrogens with zero attached hydrogens (tertiary/aromatic N) is 1. The summed E-state index contributed by atoms with van der Waals surface area (Å²) in [5.74, 6) is 0.894. The van der Waals surface area contributed by atoms with E-state index in [1.165, 1.54) is 25.7 Å². The molecule has 1 N–H and O–H groups in total. The van der Waals surface area contributed by atoms with Gasteiger partial charge in [0.25, 0.3) is 0 Å². The standard InChI is InChI=1S/C17H30N2O2/c1-4-17(3)15(20)19(12-16(2)10-7-11-21-16)14(18-17)13-8-5-6-9-13/h13-14,18H,4-12H2,1-3H3. The van der Waals surface area contributed by atoms with Gasteiger partial charge in [0.05, 0.1) is 23.9 Å². The zero-order valence-corrected chi connectivity index (χ0v) is 13.8. The van der Waals surface area contributed by atoms with E-state index in [0.29, 0.717) is 5.92 Å². The SMILES string of the molecule is CCC1(C)NC(C2CCCC2)N(CC2(C)CCCO2)C1=O. The summed E-state index contributed by atoms with van der Waals surface area (Å²) in [5.41, 5.74) is -0.532. The molecule has 3 fully saturated rings. The highest BCUT2D eigenvalue weighted by Gasteiger charge is 2.51. The summed E-state index contributed by atoms with van der Waals surface area (Å²) in [6, 6.07) is 0. The van der Waals surface area contributed by atoms with Crippen LogP contribution < -0.4 is 5.32 Å². The molecule has 1 saturated carbocycles. The molecule has 3 atom stereocenters. The van der Waals surface area contributed by atoms with Crippen LogP contribution in [0.25, 0.3) is 0 Å². The molecule has 3 unspecified atom stereocenters. The molecule has 4 nitrogen and oxygen atoms in total. The van der Waals surface area contributed by atoms with E-state index in [4.69, 9.17) is 4.74 Å². The van der Waals surface area contributed by atoms with Crippen LogP contribution in [-0.2, 0) is 9.53 Å². The Morgan fingerprint density at radius 1 is 1.29 bits per heavy atom. The molecule has 1 amide bonds. The Bertz CT molecular complexity index is 400. The number of ether oxygens (including phenoxy) is 1. The van der Waals surface area contributed by atoms with E-state index in [9.17, 15) is 4.79 Å². The van der Waals surface area contributed by atoms with E-state index in [-0.39, 0.29) is 23.2 Å². The van der Waals surface area contributed by atoms with Crippen LogP contribution in [0.3, 0.4) is 0 Å². The van der Waals surface area contributed by atoms with Crippen LogP contribution in [0, 0.1) is 5.92 Å². The first kappa shape index (κ1) is 15.3. The zero-order valence-electron chi connectivity index (χ0n) is 13.8. The van der Waals surface area contributed by atoms with Crippen LogP contribution in [0.15, 0.2) is 0 Å². The van der Waals surface area contributed by atoms with Gasteiger partial charge in [0.15, 0.2) is 0 Å². The van der Waals surface area contributed by atoms with Crippen LogP contribution in [0.2, 0.25) is 0 Å². The van der Waals surface area contributed by atoms with Crippen molar-refractivity contribution >= 4 is 5.91 Å². The van der Waals surface area contributed by atoms with Gasteiger partial charge in [-0.3, -0.25) is 10.1 Å². The van der Waals surface area contributed by atoms with Crippen molar-refractivity contribution in [1.82, 2.24) is 10.2 Å². The molecule has 0 aromatic carbocycles. The highest BCUT2D eigenvalue weighted by molar-refractivity contribution is 5.88. The topological polar surface area (TPSA) is 41.6 Å². The van der Waals surface area contributed by atoms with Crippen molar-refractivity contribution in [3.8, 4) is 0 Å². The van der Waals surface area contributed by atoms with Gasteiger partial charge in [0, 0.05) is 6.61 Å².